The standard InChI is InChI=1S/C21H22N6O5S/c28-12-11-24-7-9-25(10-8-24)17(14-3-5-15(6-4-14)27(30)31)18-20(29)26-21(33-18)22-19(23-26)16-2-1-13-32-16/h1-6,13,17,28-29H,7-12H2/t17-/m0/s1. The van der Waals surface area contributed by atoms with Crippen LogP contribution in [-0.4, -0.2) is 78.9 Å². The van der Waals surface area contributed by atoms with Crippen LogP contribution in [0.2, 0.25) is 0 Å². The van der Waals surface area contributed by atoms with E-state index in [2.05, 4.69) is 19.9 Å². The second-order valence-corrected chi connectivity index (χ2v) is 8.76. The lowest BCUT2D eigenvalue weighted by Gasteiger charge is -2.38. The fourth-order valence-corrected chi connectivity index (χ4v) is 5.25. The Kier molecular flexibility index (Phi) is 5.81. The number of hydrogen-bond acceptors (Lipinski definition) is 10. The van der Waals surface area contributed by atoms with Gasteiger partial charge in [0.05, 0.1) is 28.7 Å². The second-order valence-electron chi connectivity index (χ2n) is 7.75. The van der Waals surface area contributed by atoms with Crippen LogP contribution in [0, 0.1) is 10.1 Å². The predicted octanol–water partition coefficient (Wildman–Crippen LogP) is 2.36. The smallest absolute Gasteiger partial charge is 0.269 e. The maximum Gasteiger partial charge on any atom is 0.269 e. The van der Waals surface area contributed by atoms with Gasteiger partial charge in [-0.1, -0.05) is 23.5 Å². The van der Waals surface area contributed by atoms with E-state index in [-0.39, 0.29) is 24.2 Å². The van der Waals surface area contributed by atoms with Crippen molar-refractivity contribution in [2.24, 2.45) is 0 Å². The Morgan fingerprint density at radius 2 is 1.94 bits per heavy atom. The van der Waals surface area contributed by atoms with Crippen molar-refractivity contribution < 1.29 is 19.6 Å². The van der Waals surface area contributed by atoms with Gasteiger partial charge >= 0.3 is 0 Å². The first kappa shape index (κ1) is 21.5. The lowest BCUT2D eigenvalue weighted by Crippen LogP contribution is -2.48. The van der Waals surface area contributed by atoms with Crippen LogP contribution in [0.4, 0.5) is 5.69 Å². The summed E-state index contributed by atoms with van der Waals surface area (Å²) in [5, 5.41) is 35.9. The van der Waals surface area contributed by atoms with Gasteiger partial charge < -0.3 is 14.6 Å². The number of furan rings is 1. The summed E-state index contributed by atoms with van der Waals surface area (Å²) in [5.41, 5.74) is 0.850. The summed E-state index contributed by atoms with van der Waals surface area (Å²) in [6, 6.07) is 9.60. The summed E-state index contributed by atoms with van der Waals surface area (Å²) in [6.45, 7) is 3.70. The average Bonchev–Trinajstić information content (AvgIpc) is 3.55. The van der Waals surface area contributed by atoms with Crippen molar-refractivity contribution in [3.8, 4) is 17.5 Å². The van der Waals surface area contributed by atoms with Gasteiger partial charge in [0.25, 0.3) is 5.69 Å². The van der Waals surface area contributed by atoms with Crippen molar-refractivity contribution in [1.29, 1.82) is 0 Å². The number of aromatic hydroxyl groups is 1. The normalized spacial score (nSPS) is 16.4. The number of β-amino-alcohol motifs (C(OH)–C–C–N with tert-alkyl or cyclic N) is 1. The third-order valence-corrected chi connectivity index (χ3v) is 6.87. The summed E-state index contributed by atoms with van der Waals surface area (Å²) < 4.78 is 6.76. The highest BCUT2D eigenvalue weighted by molar-refractivity contribution is 7.17. The Bertz CT molecular complexity index is 1240. The van der Waals surface area contributed by atoms with Crippen molar-refractivity contribution in [2.75, 3.05) is 39.3 Å². The molecule has 33 heavy (non-hydrogen) atoms. The van der Waals surface area contributed by atoms with Crippen molar-refractivity contribution in [3.05, 3.63) is 63.2 Å². The summed E-state index contributed by atoms with van der Waals surface area (Å²) in [6.07, 6.45) is 1.54. The number of fused-ring (bicyclic) bond motifs is 1. The van der Waals surface area contributed by atoms with Crippen LogP contribution in [0.3, 0.4) is 0 Å². The molecule has 0 amide bonds. The van der Waals surface area contributed by atoms with E-state index in [1.54, 1.807) is 24.3 Å². The third-order valence-electron chi connectivity index (χ3n) is 5.80. The summed E-state index contributed by atoms with van der Waals surface area (Å²) >= 11 is 1.33. The first-order valence-corrected chi connectivity index (χ1v) is 11.3. The van der Waals surface area contributed by atoms with Gasteiger partial charge in [-0.05, 0) is 17.7 Å². The molecule has 172 valence electrons. The molecule has 3 aromatic heterocycles. The van der Waals surface area contributed by atoms with Crippen LogP contribution in [-0.2, 0) is 0 Å². The number of non-ortho nitro benzene ring substituents is 1. The minimum absolute atomic E-state index is 0.0125. The average molecular weight is 471 g/mol. The molecule has 0 unspecified atom stereocenters. The fourth-order valence-electron chi connectivity index (χ4n) is 4.13. The largest absolute Gasteiger partial charge is 0.492 e. The molecule has 5 rings (SSSR count). The first-order chi connectivity index (χ1) is 16.0. The quantitative estimate of drug-likeness (QED) is 0.308. The molecule has 2 N–H and O–H groups in total. The zero-order valence-electron chi connectivity index (χ0n) is 17.6. The van der Waals surface area contributed by atoms with E-state index in [1.807, 2.05) is 0 Å². The lowest BCUT2D eigenvalue weighted by molar-refractivity contribution is -0.384. The summed E-state index contributed by atoms with van der Waals surface area (Å²) in [4.78, 5) is 20.8. The molecule has 0 spiro atoms. The zero-order chi connectivity index (χ0) is 22.9. The van der Waals surface area contributed by atoms with Crippen LogP contribution in [0.15, 0.2) is 47.1 Å². The molecule has 1 aromatic carbocycles. The molecule has 11 nitrogen and oxygen atoms in total. The molecule has 4 heterocycles. The summed E-state index contributed by atoms with van der Waals surface area (Å²) in [7, 11) is 0. The van der Waals surface area contributed by atoms with E-state index in [4.69, 9.17) is 4.42 Å². The Morgan fingerprint density at radius 3 is 2.55 bits per heavy atom. The number of nitro benzene ring substituents is 1. The van der Waals surface area contributed by atoms with Crippen LogP contribution < -0.4 is 0 Å². The van der Waals surface area contributed by atoms with E-state index in [0.717, 1.165) is 18.7 Å². The number of rotatable bonds is 7. The first-order valence-electron chi connectivity index (χ1n) is 10.5. The fraction of sp³-hybridized carbons (Fsp3) is 0.333. The zero-order valence-corrected chi connectivity index (χ0v) is 18.4. The molecular formula is C21H22N6O5S. The van der Waals surface area contributed by atoms with Crippen molar-refractivity contribution in [2.45, 2.75) is 6.04 Å². The van der Waals surface area contributed by atoms with Crippen molar-refractivity contribution >= 4 is 22.0 Å². The van der Waals surface area contributed by atoms with Gasteiger partial charge in [0.1, 0.15) is 0 Å². The van der Waals surface area contributed by atoms with Crippen LogP contribution in [0.1, 0.15) is 16.5 Å². The molecule has 1 saturated heterocycles. The molecule has 1 aliphatic rings. The topological polar surface area (TPSA) is 133 Å². The molecule has 1 atom stereocenters. The lowest BCUT2D eigenvalue weighted by atomic mass is 10.0. The molecule has 12 heteroatoms. The van der Waals surface area contributed by atoms with Gasteiger partial charge in [-0.2, -0.15) is 9.50 Å². The highest BCUT2D eigenvalue weighted by atomic mass is 32.1. The van der Waals surface area contributed by atoms with Gasteiger partial charge in [0, 0.05) is 44.9 Å². The van der Waals surface area contributed by atoms with Gasteiger partial charge in [0.15, 0.2) is 5.76 Å². The number of aliphatic hydroxyl groups excluding tert-OH is 1. The number of hydrogen-bond donors (Lipinski definition) is 2. The maximum atomic E-state index is 11.1. The second kappa shape index (κ2) is 8.90. The number of thiazole rings is 1. The third kappa shape index (κ3) is 4.09. The molecule has 0 saturated carbocycles. The number of nitro groups is 1. The Morgan fingerprint density at radius 1 is 1.18 bits per heavy atom. The highest BCUT2D eigenvalue weighted by Crippen LogP contribution is 2.41. The molecular weight excluding hydrogens is 448 g/mol. The Labute approximate surface area is 192 Å². The van der Waals surface area contributed by atoms with Crippen LogP contribution in [0.25, 0.3) is 16.5 Å². The van der Waals surface area contributed by atoms with E-state index in [0.29, 0.717) is 41.1 Å². The van der Waals surface area contributed by atoms with Gasteiger partial charge in [-0.15, -0.1) is 5.10 Å². The molecule has 1 fully saturated rings. The van der Waals surface area contributed by atoms with E-state index in [9.17, 15) is 20.3 Å². The molecule has 0 aliphatic carbocycles. The number of aliphatic hydroxyl groups is 1. The van der Waals surface area contributed by atoms with Crippen molar-refractivity contribution in [3.63, 3.8) is 0 Å². The van der Waals surface area contributed by atoms with Crippen molar-refractivity contribution in [1.82, 2.24) is 24.4 Å². The van der Waals surface area contributed by atoms with E-state index >= 15 is 0 Å². The minimum Gasteiger partial charge on any atom is -0.492 e. The predicted molar refractivity (Wildman–Crippen MR) is 120 cm³/mol. The monoisotopic (exact) mass is 470 g/mol. The number of aromatic nitrogens is 3. The van der Waals surface area contributed by atoms with E-state index in [1.165, 1.54) is 34.2 Å². The number of benzene rings is 1. The minimum atomic E-state index is -0.427. The van der Waals surface area contributed by atoms with Gasteiger partial charge in [0.2, 0.25) is 16.7 Å². The Balaban J connectivity index is 1.52. The highest BCUT2D eigenvalue weighted by Gasteiger charge is 2.32. The summed E-state index contributed by atoms with van der Waals surface area (Å²) in [5.74, 6) is 0.887. The number of piperazine rings is 1. The number of nitrogens with zero attached hydrogens (tertiary/aromatic N) is 6. The maximum absolute atomic E-state index is 11.1. The van der Waals surface area contributed by atoms with Crippen LogP contribution in [0.5, 0.6) is 5.88 Å². The van der Waals surface area contributed by atoms with E-state index < -0.39 is 4.92 Å². The molecule has 0 radical (unpaired) electrons. The molecule has 4 aromatic rings. The van der Waals surface area contributed by atoms with Gasteiger partial charge in [-0.25, -0.2) is 0 Å². The SMILES string of the molecule is O=[N+]([O-])c1ccc([C@@H](c2sc3nc(-c4ccco4)nn3c2O)N2CCN(CCO)CC2)cc1. The Hall–Kier alpha value is -3.32. The molecule has 1 aliphatic heterocycles. The molecule has 0 bridgehead atoms. The van der Waals surface area contributed by atoms with Gasteiger partial charge in [-0.3, -0.25) is 19.9 Å². The van der Waals surface area contributed by atoms with Crippen LogP contribution >= 0.6 is 11.3 Å².